The van der Waals surface area contributed by atoms with Crippen LogP contribution in [0.5, 0.6) is 0 Å². The zero-order chi connectivity index (χ0) is 10.3. The minimum atomic E-state index is -4.44. The van der Waals surface area contributed by atoms with Crippen molar-refractivity contribution in [2.45, 2.75) is 6.18 Å². The highest BCUT2D eigenvalue weighted by Crippen LogP contribution is 2.28. The summed E-state index contributed by atoms with van der Waals surface area (Å²) in [5.74, 6) is -0.938. The minimum Gasteiger partial charge on any atom is -0.399 e. The number of nitrogen functional groups attached to an aromatic ring is 1. The number of alkyl halides is 3. The number of hydrogen-bond donors (Lipinski definition) is 1. The summed E-state index contributed by atoms with van der Waals surface area (Å²) in [6.45, 7) is 0. The van der Waals surface area contributed by atoms with E-state index in [1.54, 1.807) is 0 Å². The topological polar surface area (TPSA) is 43.3 Å². The summed E-state index contributed by atoms with van der Waals surface area (Å²) in [6, 6.07) is 2.83. The van der Waals surface area contributed by atoms with Crippen LogP contribution in [0.25, 0.3) is 5.52 Å². The van der Waals surface area contributed by atoms with Crippen LogP contribution in [-0.4, -0.2) is 9.38 Å². The minimum absolute atomic E-state index is 0.331. The van der Waals surface area contributed by atoms with E-state index in [-0.39, 0.29) is 0 Å². The van der Waals surface area contributed by atoms with Gasteiger partial charge in [-0.25, -0.2) is 4.98 Å². The molecule has 2 aromatic heterocycles. The van der Waals surface area contributed by atoms with E-state index in [9.17, 15) is 13.2 Å². The Kier molecular flexibility index (Phi) is 1.67. The molecule has 2 heterocycles. The highest BCUT2D eigenvalue weighted by molar-refractivity contribution is 5.56. The molecule has 0 aliphatic rings. The molecule has 0 aliphatic heterocycles. The van der Waals surface area contributed by atoms with Crippen LogP contribution in [0.1, 0.15) is 5.82 Å². The van der Waals surface area contributed by atoms with E-state index in [0.29, 0.717) is 11.2 Å². The van der Waals surface area contributed by atoms with Crippen molar-refractivity contribution < 1.29 is 13.2 Å². The van der Waals surface area contributed by atoms with Gasteiger partial charge < -0.3 is 5.73 Å². The molecule has 6 heteroatoms. The first-order valence-electron chi connectivity index (χ1n) is 3.78. The van der Waals surface area contributed by atoms with Crippen LogP contribution < -0.4 is 5.73 Å². The molecule has 2 rings (SSSR count). The maximum atomic E-state index is 12.3. The van der Waals surface area contributed by atoms with Crippen molar-refractivity contribution in [3.8, 4) is 0 Å². The summed E-state index contributed by atoms with van der Waals surface area (Å²) in [6.07, 6.45) is -2.05. The van der Waals surface area contributed by atoms with Crippen LogP contribution in [0.3, 0.4) is 0 Å². The second-order valence-electron chi connectivity index (χ2n) is 2.83. The van der Waals surface area contributed by atoms with Gasteiger partial charge in [0.1, 0.15) is 0 Å². The monoisotopic (exact) mass is 201 g/mol. The van der Waals surface area contributed by atoms with Crippen molar-refractivity contribution in [3.05, 3.63) is 30.4 Å². The number of rotatable bonds is 0. The van der Waals surface area contributed by atoms with Crippen molar-refractivity contribution in [3.63, 3.8) is 0 Å². The molecule has 0 fully saturated rings. The number of pyridine rings is 1. The molecule has 0 atom stereocenters. The Hall–Kier alpha value is -1.72. The quantitative estimate of drug-likeness (QED) is 0.707. The zero-order valence-corrected chi connectivity index (χ0v) is 6.92. The normalized spacial score (nSPS) is 12.2. The number of anilines is 1. The summed E-state index contributed by atoms with van der Waals surface area (Å²) in [7, 11) is 0. The fraction of sp³-hybridized carbons (Fsp3) is 0.125. The lowest BCUT2D eigenvalue weighted by molar-refractivity contribution is -0.145. The Morgan fingerprint density at radius 1 is 1.36 bits per heavy atom. The number of imidazole rings is 1. The lowest BCUT2D eigenvalue weighted by Gasteiger charge is -2.04. The molecule has 0 aliphatic carbocycles. The number of aromatic nitrogens is 2. The van der Waals surface area contributed by atoms with Crippen LogP contribution in [0.15, 0.2) is 24.5 Å². The third kappa shape index (κ3) is 1.28. The first kappa shape index (κ1) is 8.86. The standard InChI is InChI=1S/C8H6F3N3/c9-8(10,11)7-13-4-6-3-5(12)1-2-14(6)7/h1-4H,12H2. The van der Waals surface area contributed by atoms with Crippen LogP contribution in [0, 0.1) is 0 Å². The molecule has 2 N–H and O–H groups in total. The number of hydrogen-bond acceptors (Lipinski definition) is 2. The van der Waals surface area contributed by atoms with Crippen molar-refractivity contribution in [2.75, 3.05) is 5.73 Å². The van der Waals surface area contributed by atoms with Crippen LogP contribution in [0.2, 0.25) is 0 Å². The van der Waals surface area contributed by atoms with Gasteiger partial charge in [0.2, 0.25) is 5.82 Å². The smallest absolute Gasteiger partial charge is 0.399 e. The molecule has 0 unspecified atom stereocenters. The average molecular weight is 201 g/mol. The lowest BCUT2D eigenvalue weighted by atomic mass is 10.4. The first-order valence-corrected chi connectivity index (χ1v) is 3.78. The van der Waals surface area contributed by atoms with Gasteiger partial charge in [0.15, 0.2) is 0 Å². The molecule has 0 radical (unpaired) electrons. The first-order chi connectivity index (χ1) is 6.48. The van der Waals surface area contributed by atoms with Gasteiger partial charge in [0.25, 0.3) is 0 Å². The molecule has 0 saturated carbocycles. The van der Waals surface area contributed by atoms with E-state index in [4.69, 9.17) is 5.73 Å². The fourth-order valence-electron chi connectivity index (χ4n) is 1.23. The largest absolute Gasteiger partial charge is 0.450 e. The summed E-state index contributed by atoms with van der Waals surface area (Å²) in [5, 5.41) is 0. The summed E-state index contributed by atoms with van der Waals surface area (Å²) in [5.41, 5.74) is 6.16. The molecule has 0 saturated heterocycles. The third-order valence-electron chi connectivity index (χ3n) is 1.81. The number of nitrogens with two attached hydrogens (primary N) is 1. The summed E-state index contributed by atoms with van der Waals surface area (Å²) >= 11 is 0. The second-order valence-corrected chi connectivity index (χ2v) is 2.83. The van der Waals surface area contributed by atoms with Crippen molar-refractivity contribution in [1.29, 1.82) is 0 Å². The molecule has 3 nitrogen and oxygen atoms in total. The summed E-state index contributed by atoms with van der Waals surface area (Å²) in [4.78, 5) is 3.29. The maximum Gasteiger partial charge on any atom is 0.450 e. The SMILES string of the molecule is Nc1ccn2c(C(F)(F)F)ncc2c1. The van der Waals surface area contributed by atoms with Crippen molar-refractivity contribution in [1.82, 2.24) is 9.38 Å². The lowest BCUT2D eigenvalue weighted by Crippen LogP contribution is -2.10. The van der Waals surface area contributed by atoms with Gasteiger partial charge in [-0.05, 0) is 12.1 Å². The molecular weight excluding hydrogens is 195 g/mol. The number of nitrogens with zero attached hydrogens (tertiary/aromatic N) is 2. The zero-order valence-electron chi connectivity index (χ0n) is 6.92. The van der Waals surface area contributed by atoms with Gasteiger partial charge in [-0.1, -0.05) is 0 Å². The van der Waals surface area contributed by atoms with Crippen molar-refractivity contribution >= 4 is 11.2 Å². The highest BCUT2D eigenvalue weighted by atomic mass is 19.4. The van der Waals surface area contributed by atoms with E-state index in [1.165, 1.54) is 18.3 Å². The third-order valence-corrected chi connectivity index (χ3v) is 1.81. The van der Waals surface area contributed by atoms with Gasteiger partial charge >= 0.3 is 6.18 Å². The van der Waals surface area contributed by atoms with Crippen LogP contribution in [0.4, 0.5) is 18.9 Å². The number of halogens is 3. The molecule has 0 bridgehead atoms. The van der Waals surface area contributed by atoms with Crippen molar-refractivity contribution in [2.24, 2.45) is 0 Å². The Morgan fingerprint density at radius 3 is 2.71 bits per heavy atom. The maximum absolute atomic E-state index is 12.3. The van der Waals surface area contributed by atoms with E-state index < -0.39 is 12.0 Å². The predicted octanol–water partition coefficient (Wildman–Crippen LogP) is 1.94. The Balaban J connectivity index is 2.70. The van der Waals surface area contributed by atoms with E-state index >= 15 is 0 Å². The Morgan fingerprint density at radius 2 is 2.07 bits per heavy atom. The fourth-order valence-corrected chi connectivity index (χ4v) is 1.23. The Labute approximate surface area is 77.0 Å². The molecular formula is C8H6F3N3. The van der Waals surface area contributed by atoms with Crippen LogP contribution >= 0.6 is 0 Å². The molecule has 74 valence electrons. The van der Waals surface area contributed by atoms with Gasteiger partial charge in [0.05, 0.1) is 11.7 Å². The molecule has 0 amide bonds. The molecule has 2 aromatic rings. The van der Waals surface area contributed by atoms with Gasteiger partial charge in [0, 0.05) is 11.9 Å². The molecule has 0 spiro atoms. The van der Waals surface area contributed by atoms with Gasteiger partial charge in [-0.3, -0.25) is 4.40 Å². The van der Waals surface area contributed by atoms with Crippen LogP contribution in [-0.2, 0) is 6.18 Å². The summed E-state index contributed by atoms with van der Waals surface area (Å²) < 4.78 is 38.0. The molecule has 14 heavy (non-hydrogen) atoms. The van der Waals surface area contributed by atoms with E-state index in [1.807, 2.05) is 0 Å². The second kappa shape index (κ2) is 2.63. The van der Waals surface area contributed by atoms with Gasteiger partial charge in [-0.15, -0.1) is 0 Å². The van der Waals surface area contributed by atoms with Gasteiger partial charge in [-0.2, -0.15) is 13.2 Å². The Bertz CT molecular complexity index is 472. The van der Waals surface area contributed by atoms with E-state index in [2.05, 4.69) is 4.98 Å². The van der Waals surface area contributed by atoms with E-state index in [0.717, 1.165) is 10.6 Å². The highest BCUT2D eigenvalue weighted by Gasteiger charge is 2.35. The molecule has 0 aromatic carbocycles. The predicted molar refractivity (Wildman–Crippen MR) is 44.6 cm³/mol. The number of fused-ring (bicyclic) bond motifs is 1. The average Bonchev–Trinajstić information content (AvgIpc) is 2.45.